The first-order valence-electron chi connectivity index (χ1n) is 6.61. The number of ether oxygens (including phenoxy) is 1. The molecule has 2 aliphatic heterocycles. The number of amides is 1. The lowest BCUT2D eigenvalue weighted by molar-refractivity contribution is -0.139. The van der Waals surface area contributed by atoms with Gasteiger partial charge in [-0.25, -0.2) is 0 Å². The third-order valence-electron chi connectivity index (χ3n) is 3.55. The average molecular weight is 241 g/mol. The van der Waals surface area contributed by atoms with Gasteiger partial charge < -0.3 is 15.0 Å². The number of rotatable bonds is 5. The fourth-order valence-corrected chi connectivity index (χ4v) is 2.40. The maximum absolute atomic E-state index is 11.7. The second-order valence-corrected chi connectivity index (χ2v) is 4.69. The highest BCUT2D eigenvalue weighted by atomic mass is 16.5. The van der Waals surface area contributed by atoms with Crippen LogP contribution in [-0.4, -0.2) is 74.2 Å². The number of piperazine rings is 1. The number of nitrogens with one attached hydrogen (secondary N) is 1. The van der Waals surface area contributed by atoms with Gasteiger partial charge >= 0.3 is 0 Å². The molecule has 0 aromatic rings. The summed E-state index contributed by atoms with van der Waals surface area (Å²) in [5.74, 6) is 0.241. The van der Waals surface area contributed by atoms with Gasteiger partial charge in [-0.05, 0) is 6.92 Å². The zero-order valence-electron chi connectivity index (χ0n) is 10.7. The maximum Gasteiger partial charge on any atom is 0.224 e. The van der Waals surface area contributed by atoms with Crippen LogP contribution in [0.25, 0.3) is 0 Å². The summed E-state index contributed by atoms with van der Waals surface area (Å²) in [7, 11) is 0. The first kappa shape index (κ1) is 12.8. The van der Waals surface area contributed by atoms with Crippen molar-refractivity contribution >= 4 is 5.91 Å². The fraction of sp³-hybridized carbons (Fsp3) is 0.917. The molecule has 5 nitrogen and oxygen atoms in total. The van der Waals surface area contributed by atoms with Gasteiger partial charge in [0.25, 0.3) is 0 Å². The third kappa shape index (κ3) is 3.40. The van der Waals surface area contributed by atoms with Crippen molar-refractivity contribution in [3.8, 4) is 0 Å². The maximum atomic E-state index is 11.7. The van der Waals surface area contributed by atoms with Crippen molar-refractivity contribution in [1.29, 1.82) is 0 Å². The molecule has 1 N–H and O–H groups in total. The zero-order valence-corrected chi connectivity index (χ0v) is 10.7. The minimum absolute atomic E-state index is 0.241. The normalized spacial score (nSPS) is 22.5. The summed E-state index contributed by atoms with van der Waals surface area (Å²) in [6, 6.07) is 0.591. The molecule has 2 saturated heterocycles. The van der Waals surface area contributed by atoms with Gasteiger partial charge in [0.05, 0.1) is 13.0 Å². The minimum Gasteiger partial charge on any atom is -0.381 e. The molecule has 2 aliphatic rings. The van der Waals surface area contributed by atoms with Crippen LogP contribution >= 0.6 is 0 Å². The Kier molecular flexibility index (Phi) is 4.76. The molecule has 2 heterocycles. The Hall–Kier alpha value is -0.650. The van der Waals surface area contributed by atoms with E-state index in [0.29, 0.717) is 25.7 Å². The SMILES string of the molecule is CCOCCC(=O)N1CC(N2CCNCC2)C1. The number of hydrogen-bond acceptors (Lipinski definition) is 4. The monoisotopic (exact) mass is 241 g/mol. The Balaban J connectivity index is 1.62. The predicted octanol–water partition coefficient (Wildman–Crippen LogP) is -0.471. The molecule has 0 aliphatic carbocycles. The molecule has 0 aromatic heterocycles. The van der Waals surface area contributed by atoms with E-state index in [1.807, 2.05) is 11.8 Å². The number of hydrogen-bond donors (Lipinski definition) is 1. The van der Waals surface area contributed by atoms with Crippen molar-refractivity contribution < 1.29 is 9.53 Å². The lowest BCUT2D eigenvalue weighted by atomic mass is 10.1. The van der Waals surface area contributed by atoms with Crippen LogP contribution in [0.4, 0.5) is 0 Å². The molecular weight excluding hydrogens is 218 g/mol. The van der Waals surface area contributed by atoms with Gasteiger partial charge in [-0.1, -0.05) is 0 Å². The number of carbonyl (C=O) groups is 1. The second kappa shape index (κ2) is 6.33. The first-order chi connectivity index (χ1) is 8.31. The molecule has 0 radical (unpaired) electrons. The molecule has 0 atom stereocenters. The van der Waals surface area contributed by atoms with Crippen LogP contribution in [0.1, 0.15) is 13.3 Å². The summed E-state index contributed by atoms with van der Waals surface area (Å²) >= 11 is 0. The van der Waals surface area contributed by atoms with E-state index in [2.05, 4.69) is 10.2 Å². The molecule has 2 rings (SSSR count). The zero-order chi connectivity index (χ0) is 12.1. The Morgan fingerprint density at radius 3 is 2.71 bits per heavy atom. The van der Waals surface area contributed by atoms with E-state index in [4.69, 9.17) is 4.74 Å². The van der Waals surface area contributed by atoms with Crippen molar-refractivity contribution in [2.45, 2.75) is 19.4 Å². The topological polar surface area (TPSA) is 44.8 Å². The summed E-state index contributed by atoms with van der Waals surface area (Å²) in [5, 5.41) is 3.35. The summed E-state index contributed by atoms with van der Waals surface area (Å²) in [4.78, 5) is 16.2. The van der Waals surface area contributed by atoms with Crippen LogP contribution in [0.2, 0.25) is 0 Å². The number of nitrogens with zero attached hydrogens (tertiary/aromatic N) is 2. The standard InChI is InChI=1S/C12H23N3O2/c1-2-17-8-3-12(16)15-9-11(10-15)14-6-4-13-5-7-14/h11,13H,2-10H2,1H3. The quantitative estimate of drug-likeness (QED) is 0.661. The van der Waals surface area contributed by atoms with E-state index in [1.165, 1.54) is 0 Å². The van der Waals surface area contributed by atoms with E-state index in [-0.39, 0.29) is 5.91 Å². The third-order valence-corrected chi connectivity index (χ3v) is 3.55. The van der Waals surface area contributed by atoms with Crippen LogP contribution in [0.3, 0.4) is 0 Å². The number of carbonyl (C=O) groups excluding carboxylic acids is 1. The van der Waals surface area contributed by atoms with Gasteiger partial charge in [-0.3, -0.25) is 9.69 Å². The molecule has 98 valence electrons. The Morgan fingerprint density at radius 2 is 2.06 bits per heavy atom. The summed E-state index contributed by atoms with van der Waals surface area (Å²) in [6.45, 7) is 9.41. The highest BCUT2D eigenvalue weighted by Gasteiger charge is 2.34. The van der Waals surface area contributed by atoms with Gasteiger partial charge in [0.1, 0.15) is 0 Å². The van der Waals surface area contributed by atoms with Crippen molar-refractivity contribution in [3.63, 3.8) is 0 Å². The Morgan fingerprint density at radius 1 is 1.35 bits per heavy atom. The molecule has 17 heavy (non-hydrogen) atoms. The molecule has 0 saturated carbocycles. The summed E-state index contributed by atoms with van der Waals surface area (Å²) in [5.41, 5.74) is 0. The molecular formula is C12H23N3O2. The van der Waals surface area contributed by atoms with Gasteiger partial charge in [0.15, 0.2) is 0 Å². The molecule has 0 unspecified atom stereocenters. The van der Waals surface area contributed by atoms with Crippen LogP contribution in [0, 0.1) is 0 Å². The van der Waals surface area contributed by atoms with E-state index < -0.39 is 0 Å². The van der Waals surface area contributed by atoms with Crippen LogP contribution in [0.15, 0.2) is 0 Å². The highest BCUT2D eigenvalue weighted by molar-refractivity contribution is 5.77. The lowest BCUT2D eigenvalue weighted by Gasteiger charge is -2.46. The molecule has 0 bridgehead atoms. The molecule has 0 aromatic carbocycles. The smallest absolute Gasteiger partial charge is 0.224 e. The van der Waals surface area contributed by atoms with Crippen LogP contribution in [-0.2, 0) is 9.53 Å². The predicted molar refractivity (Wildman–Crippen MR) is 65.9 cm³/mol. The van der Waals surface area contributed by atoms with Gasteiger partial charge in [-0.2, -0.15) is 0 Å². The van der Waals surface area contributed by atoms with Crippen molar-refractivity contribution in [2.75, 3.05) is 52.5 Å². The second-order valence-electron chi connectivity index (χ2n) is 4.69. The van der Waals surface area contributed by atoms with Crippen molar-refractivity contribution in [3.05, 3.63) is 0 Å². The fourth-order valence-electron chi connectivity index (χ4n) is 2.40. The minimum atomic E-state index is 0.241. The summed E-state index contributed by atoms with van der Waals surface area (Å²) < 4.78 is 5.20. The van der Waals surface area contributed by atoms with E-state index in [0.717, 1.165) is 39.3 Å². The Bertz CT molecular complexity index is 248. The molecule has 1 amide bonds. The Labute approximate surface area is 103 Å². The lowest BCUT2D eigenvalue weighted by Crippen LogP contribution is -2.63. The molecule has 0 spiro atoms. The van der Waals surface area contributed by atoms with Crippen LogP contribution in [0.5, 0.6) is 0 Å². The average Bonchev–Trinajstić information content (AvgIpc) is 2.29. The van der Waals surface area contributed by atoms with Gasteiger partial charge in [-0.15, -0.1) is 0 Å². The molecule has 5 heteroatoms. The number of likely N-dealkylation sites (tertiary alicyclic amines) is 1. The van der Waals surface area contributed by atoms with E-state index in [1.54, 1.807) is 0 Å². The summed E-state index contributed by atoms with van der Waals surface area (Å²) in [6.07, 6.45) is 0.530. The first-order valence-corrected chi connectivity index (χ1v) is 6.61. The van der Waals surface area contributed by atoms with Gasteiger partial charge in [0.2, 0.25) is 5.91 Å². The van der Waals surface area contributed by atoms with E-state index in [9.17, 15) is 4.79 Å². The van der Waals surface area contributed by atoms with Crippen molar-refractivity contribution in [2.24, 2.45) is 0 Å². The largest absolute Gasteiger partial charge is 0.381 e. The van der Waals surface area contributed by atoms with Crippen molar-refractivity contribution in [1.82, 2.24) is 15.1 Å². The highest BCUT2D eigenvalue weighted by Crippen LogP contribution is 2.16. The van der Waals surface area contributed by atoms with E-state index >= 15 is 0 Å². The van der Waals surface area contributed by atoms with Gasteiger partial charge in [0, 0.05) is 51.9 Å². The van der Waals surface area contributed by atoms with Crippen LogP contribution < -0.4 is 5.32 Å². The molecule has 2 fully saturated rings.